The predicted octanol–water partition coefficient (Wildman–Crippen LogP) is 2.68. The number of hydrogen-bond acceptors (Lipinski definition) is 5. The fourth-order valence-corrected chi connectivity index (χ4v) is 2.79. The number of aromatic nitrogens is 4. The first-order valence-electron chi connectivity index (χ1n) is 7.55. The molecule has 0 amide bonds. The molecule has 2 N–H and O–H groups in total. The van der Waals surface area contributed by atoms with Crippen LogP contribution in [0.1, 0.15) is 39.2 Å². The highest BCUT2D eigenvalue weighted by Gasteiger charge is 2.40. The molecule has 2 atom stereocenters. The minimum Gasteiger partial charge on any atom is -0.492 e. The van der Waals surface area contributed by atoms with Crippen molar-refractivity contribution in [1.82, 2.24) is 20.2 Å². The lowest BCUT2D eigenvalue weighted by molar-refractivity contribution is 0.342. The van der Waals surface area contributed by atoms with Gasteiger partial charge in [0.2, 0.25) is 0 Å². The van der Waals surface area contributed by atoms with Gasteiger partial charge in [-0.25, -0.2) is 4.68 Å². The SMILES string of the molecule is CCCC1CC1n1nnnc1-c1ccc(OCC)c(N)c1. The molecular formula is C15H21N5O. The summed E-state index contributed by atoms with van der Waals surface area (Å²) in [5, 5.41) is 12.2. The number of benzene rings is 1. The number of ether oxygens (including phenoxy) is 1. The molecule has 2 unspecified atom stereocenters. The van der Waals surface area contributed by atoms with Gasteiger partial charge in [-0.15, -0.1) is 5.10 Å². The second-order valence-corrected chi connectivity index (χ2v) is 5.48. The van der Waals surface area contributed by atoms with E-state index < -0.39 is 0 Å². The molecule has 0 spiro atoms. The first-order valence-corrected chi connectivity index (χ1v) is 7.55. The highest BCUT2D eigenvalue weighted by Crippen LogP contribution is 2.47. The molecule has 6 nitrogen and oxygen atoms in total. The Morgan fingerprint density at radius 3 is 2.95 bits per heavy atom. The zero-order valence-corrected chi connectivity index (χ0v) is 12.5. The molecule has 1 aliphatic carbocycles. The molecule has 1 aromatic carbocycles. The molecule has 0 bridgehead atoms. The van der Waals surface area contributed by atoms with E-state index in [2.05, 4.69) is 22.4 Å². The van der Waals surface area contributed by atoms with Gasteiger partial charge in [0, 0.05) is 5.56 Å². The van der Waals surface area contributed by atoms with E-state index in [-0.39, 0.29) is 0 Å². The van der Waals surface area contributed by atoms with Crippen LogP contribution in [0.2, 0.25) is 0 Å². The number of tetrazole rings is 1. The summed E-state index contributed by atoms with van der Waals surface area (Å²) in [4.78, 5) is 0. The average molecular weight is 287 g/mol. The smallest absolute Gasteiger partial charge is 0.182 e. The van der Waals surface area contributed by atoms with Gasteiger partial charge in [0.15, 0.2) is 5.82 Å². The van der Waals surface area contributed by atoms with Crippen molar-refractivity contribution in [3.05, 3.63) is 18.2 Å². The highest BCUT2D eigenvalue weighted by molar-refractivity contribution is 5.66. The average Bonchev–Trinajstić information content (AvgIpc) is 3.06. The van der Waals surface area contributed by atoms with Gasteiger partial charge in [-0.3, -0.25) is 0 Å². The molecule has 1 aliphatic rings. The summed E-state index contributed by atoms with van der Waals surface area (Å²) in [6, 6.07) is 6.15. The normalized spacial score (nSPS) is 20.5. The molecule has 1 heterocycles. The lowest BCUT2D eigenvalue weighted by Gasteiger charge is -2.09. The minimum absolute atomic E-state index is 0.433. The molecule has 2 aromatic rings. The van der Waals surface area contributed by atoms with Crippen LogP contribution in [-0.4, -0.2) is 26.8 Å². The minimum atomic E-state index is 0.433. The Morgan fingerprint density at radius 2 is 2.24 bits per heavy atom. The van der Waals surface area contributed by atoms with Gasteiger partial charge >= 0.3 is 0 Å². The Bertz CT molecular complexity index is 624. The first kappa shape index (κ1) is 13.9. The van der Waals surface area contributed by atoms with Gasteiger partial charge in [-0.1, -0.05) is 13.3 Å². The third-order valence-corrected chi connectivity index (χ3v) is 3.92. The number of hydrogen-bond donors (Lipinski definition) is 1. The number of anilines is 1. The van der Waals surface area contributed by atoms with Crippen molar-refractivity contribution in [3.8, 4) is 17.1 Å². The summed E-state index contributed by atoms with van der Waals surface area (Å²) in [7, 11) is 0. The Hall–Kier alpha value is -2.11. The van der Waals surface area contributed by atoms with Crippen LogP contribution in [0.25, 0.3) is 11.4 Å². The molecule has 3 rings (SSSR count). The van der Waals surface area contributed by atoms with Crippen molar-refractivity contribution >= 4 is 5.69 Å². The molecule has 6 heteroatoms. The summed E-state index contributed by atoms with van der Waals surface area (Å²) in [5.74, 6) is 2.20. The van der Waals surface area contributed by atoms with Crippen molar-refractivity contribution < 1.29 is 4.74 Å². The molecule has 21 heavy (non-hydrogen) atoms. The Labute approximate surface area is 124 Å². The zero-order chi connectivity index (χ0) is 14.8. The molecule has 0 radical (unpaired) electrons. The zero-order valence-electron chi connectivity index (χ0n) is 12.5. The van der Waals surface area contributed by atoms with Crippen LogP contribution in [0.4, 0.5) is 5.69 Å². The van der Waals surface area contributed by atoms with E-state index in [1.54, 1.807) is 0 Å². The van der Waals surface area contributed by atoms with Crippen molar-refractivity contribution in [2.45, 2.75) is 39.2 Å². The predicted molar refractivity (Wildman–Crippen MR) is 80.9 cm³/mol. The van der Waals surface area contributed by atoms with E-state index in [9.17, 15) is 0 Å². The third-order valence-electron chi connectivity index (χ3n) is 3.92. The Balaban J connectivity index is 1.85. The molecule has 112 valence electrons. The third kappa shape index (κ3) is 2.70. The maximum absolute atomic E-state index is 6.03. The highest BCUT2D eigenvalue weighted by atomic mass is 16.5. The van der Waals surface area contributed by atoms with Crippen LogP contribution in [0.3, 0.4) is 0 Å². The molecule has 1 aromatic heterocycles. The summed E-state index contributed by atoms with van der Waals surface area (Å²) in [5.41, 5.74) is 7.58. The van der Waals surface area contributed by atoms with E-state index in [4.69, 9.17) is 10.5 Å². The largest absolute Gasteiger partial charge is 0.492 e. The number of nitrogens with two attached hydrogens (primary N) is 1. The Morgan fingerprint density at radius 1 is 1.38 bits per heavy atom. The van der Waals surface area contributed by atoms with E-state index >= 15 is 0 Å². The number of nitrogen functional groups attached to an aromatic ring is 1. The van der Waals surface area contributed by atoms with Crippen LogP contribution in [0, 0.1) is 5.92 Å². The molecule has 1 saturated carbocycles. The molecular weight excluding hydrogens is 266 g/mol. The number of rotatable bonds is 6. The fourth-order valence-electron chi connectivity index (χ4n) is 2.79. The maximum atomic E-state index is 6.03. The van der Waals surface area contributed by atoms with Crippen LogP contribution in [0.15, 0.2) is 18.2 Å². The van der Waals surface area contributed by atoms with Crippen molar-refractivity contribution in [2.24, 2.45) is 5.92 Å². The monoisotopic (exact) mass is 287 g/mol. The van der Waals surface area contributed by atoms with Gasteiger partial charge in [0.1, 0.15) is 5.75 Å². The van der Waals surface area contributed by atoms with Gasteiger partial charge in [-0.05, 0) is 54.3 Å². The summed E-state index contributed by atoms with van der Waals surface area (Å²) < 4.78 is 7.40. The number of nitrogens with zero attached hydrogens (tertiary/aromatic N) is 4. The topological polar surface area (TPSA) is 78.8 Å². The lowest BCUT2D eigenvalue weighted by atomic mass is 10.1. The second-order valence-electron chi connectivity index (χ2n) is 5.48. The first-order chi connectivity index (χ1) is 10.2. The van der Waals surface area contributed by atoms with Gasteiger partial charge in [0.25, 0.3) is 0 Å². The van der Waals surface area contributed by atoms with Crippen molar-refractivity contribution in [1.29, 1.82) is 0 Å². The van der Waals surface area contributed by atoms with Gasteiger partial charge in [0.05, 0.1) is 18.3 Å². The quantitative estimate of drug-likeness (QED) is 0.826. The maximum Gasteiger partial charge on any atom is 0.182 e. The fraction of sp³-hybridized carbons (Fsp3) is 0.533. The van der Waals surface area contributed by atoms with E-state index in [0.29, 0.717) is 30.0 Å². The lowest BCUT2D eigenvalue weighted by Crippen LogP contribution is -2.03. The summed E-state index contributed by atoms with van der Waals surface area (Å²) in [6.07, 6.45) is 3.60. The van der Waals surface area contributed by atoms with Gasteiger partial charge < -0.3 is 10.5 Å². The second kappa shape index (κ2) is 5.71. The molecule has 0 saturated heterocycles. The molecule has 1 fully saturated rings. The van der Waals surface area contributed by atoms with E-state index in [0.717, 1.165) is 11.4 Å². The summed E-state index contributed by atoms with van der Waals surface area (Å²) >= 11 is 0. The van der Waals surface area contributed by atoms with Crippen LogP contribution >= 0.6 is 0 Å². The van der Waals surface area contributed by atoms with Gasteiger partial charge in [-0.2, -0.15) is 0 Å². The Kier molecular flexibility index (Phi) is 3.77. The molecule has 0 aliphatic heterocycles. The van der Waals surface area contributed by atoms with E-state index in [1.165, 1.54) is 19.3 Å². The van der Waals surface area contributed by atoms with Crippen LogP contribution in [-0.2, 0) is 0 Å². The van der Waals surface area contributed by atoms with Crippen LogP contribution < -0.4 is 10.5 Å². The van der Waals surface area contributed by atoms with Crippen molar-refractivity contribution in [3.63, 3.8) is 0 Å². The summed E-state index contributed by atoms with van der Waals surface area (Å²) in [6.45, 7) is 4.75. The standard InChI is InChI=1S/C15H21N5O/c1-3-5-10-9-13(10)20-15(17-18-19-20)11-6-7-14(21-4-2)12(16)8-11/h6-8,10,13H,3-5,9,16H2,1-2H3. The van der Waals surface area contributed by atoms with Crippen molar-refractivity contribution in [2.75, 3.05) is 12.3 Å². The van der Waals surface area contributed by atoms with E-state index in [1.807, 2.05) is 29.8 Å². The van der Waals surface area contributed by atoms with Crippen LogP contribution in [0.5, 0.6) is 5.75 Å².